The molecular formula is C15H18N2O3S. The van der Waals surface area contributed by atoms with Gasteiger partial charge < -0.3 is 10.1 Å². The lowest BCUT2D eigenvalue weighted by molar-refractivity contribution is -0.385. The molecule has 0 saturated carbocycles. The molecule has 21 heavy (non-hydrogen) atoms. The predicted molar refractivity (Wildman–Crippen MR) is 83.9 cm³/mol. The number of ether oxygens (including phenoxy) is 1. The number of nitrogens with zero attached hydrogens (tertiary/aromatic N) is 1. The zero-order chi connectivity index (χ0) is 15.2. The van der Waals surface area contributed by atoms with Gasteiger partial charge in [0, 0.05) is 23.4 Å². The van der Waals surface area contributed by atoms with Gasteiger partial charge in [0.25, 0.3) is 5.69 Å². The first-order chi connectivity index (χ1) is 10.1. The minimum absolute atomic E-state index is 0.0405. The molecule has 5 nitrogen and oxygen atoms in total. The Labute approximate surface area is 127 Å². The van der Waals surface area contributed by atoms with Crippen LogP contribution in [0.2, 0.25) is 0 Å². The highest BCUT2D eigenvalue weighted by molar-refractivity contribution is 7.10. The number of hydrogen-bond acceptors (Lipinski definition) is 5. The molecule has 2 aromatic rings. The summed E-state index contributed by atoms with van der Waals surface area (Å²) >= 11 is 1.63. The van der Waals surface area contributed by atoms with Crippen LogP contribution in [0.3, 0.4) is 0 Å². The van der Waals surface area contributed by atoms with Gasteiger partial charge in [-0.2, -0.15) is 0 Å². The van der Waals surface area contributed by atoms with E-state index in [1.54, 1.807) is 23.5 Å². The third kappa shape index (κ3) is 4.03. The van der Waals surface area contributed by atoms with Crippen LogP contribution in [0.25, 0.3) is 0 Å². The summed E-state index contributed by atoms with van der Waals surface area (Å²) in [5.74, 6) is 0.762. The smallest absolute Gasteiger partial charge is 0.273 e. The lowest BCUT2D eigenvalue weighted by atomic mass is 10.0. The zero-order valence-electron chi connectivity index (χ0n) is 12.0. The van der Waals surface area contributed by atoms with Crippen molar-refractivity contribution in [3.05, 3.63) is 56.8 Å². The summed E-state index contributed by atoms with van der Waals surface area (Å²) in [6, 6.07) is 10.3. The highest BCUT2D eigenvalue weighted by atomic mass is 32.1. The van der Waals surface area contributed by atoms with Gasteiger partial charge in [0.15, 0.2) is 0 Å². The van der Waals surface area contributed by atoms with Crippen LogP contribution in [0.15, 0.2) is 41.8 Å². The van der Waals surface area contributed by atoms with E-state index in [0.717, 1.165) is 11.4 Å². The van der Waals surface area contributed by atoms with Crippen molar-refractivity contribution in [1.29, 1.82) is 0 Å². The van der Waals surface area contributed by atoms with Crippen molar-refractivity contribution < 1.29 is 9.66 Å². The highest BCUT2D eigenvalue weighted by Crippen LogP contribution is 2.32. The Morgan fingerprint density at radius 1 is 1.38 bits per heavy atom. The number of hydrogen-bond donors (Lipinski definition) is 1. The Kier molecular flexibility index (Phi) is 5.30. The van der Waals surface area contributed by atoms with Gasteiger partial charge in [0.2, 0.25) is 0 Å². The Balaban J connectivity index is 2.22. The van der Waals surface area contributed by atoms with Crippen LogP contribution >= 0.6 is 11.3 Å². The highest BCUT2D eigenvalue weighted by Gasteiger charge is 2.22. The Morgan fingerprint density at radius 2 is 2.19 bits per heavy atom. The van der Waals surface area contributed by atoms with Gasteiger partial charge in [-0.15, -0.1) is 11.3 Å². The number of non-ortho nitro benzene ring substituents is 1. The van der Waals surface area contributed by atoms with Crippen LogP contribution in [-0.4, -0.2) is 18.5 Å². The molecule has 1 heterocycles. The van der Waals surface area contributed by atoms with Gasteiger partial charge in [-0.3, -0.25) is 10.1 Å². The molecule has 0 aliphatic rings. The van der Waals surface area contributed by atoms with E-state index in [1.165, 1.54) is 12.1 Å². The molecule has 112 valence electrons. The van der Waals surface area contributed by atoms with E-state index < -0.39 is 4.92 Å². The molecule has 2 atom stereocenters. The van der Waals surface area contributed by atoms with Gasteiger partial charge in [0.05, 0.1) is 11.0 Å². The molecule has 0 spiro atoms. The summed E-state index contributed by atoms with van der Waals surface area (Å²) < 4.78 is 6.03. The normalized spacial score (nSPS) is 13.6. The number of rotatable bonds is 7. The lowest BCUT2D eigenvalue weighted by Gasteiger charge is -2.24. The number of nitro groups is 1. The zero-order valence-corrected chi connectivity index (χ0v) is 12.8. The molecule has 1 aromatic heterocycles. The van der Waals surface area contributed by atoms with Gasteiger partial charge in [-0.05, 0) is 24.6 Å². The van der Waals surface area contributed by atoms with Crippen molar-refractivity contribution in [2.45, 2.75) is 13.0 Å². The van der Waals surface area contributed by atoms with Gasteiger partial charge >= 0.3 is 0 Å². The van der Waals surface area contributed by atoms with Crippen LogP contribution in [0.4, 0.5) is 5.69 Å². The first-order valence-electron chi connectivity index (χ1n) is 6.71. The van der Waals surface area contributed by atoms with Crippen molar-refractivity contribution in [3.8, 4) is 5.75 Å². The van der Waals surface area contributed by atoms with E-state index in [0.29, 0.717) is 5.75 Å². The number of thiophene rings is 1. The van der Waals surface area contributed by atoms with Crippen LogP contribution in [-0.2, 0) is 0 Å². The first-order valence-corrected chi connectivity index (χ1v) is 7.59. The second-order valence-electron chi connectivity index (χ2n) is 4.84. The van der Waals surface area contributed by atoms with Crippen molar-refractivity contribution >= 4 is 17.0 Å². The fourth-order valence-corrected chi connectivity index (χ4v) is 3.04. The summed E-state index contributed by atoms with van der Waals surface area (Å²) in [6.07, 6.45) is -0.126. The molecule has 0 amide bonds. The maximum absolute atomic E-state index is 10.8. The number of benzene rings is 1. The largest absolute Gasteiger partial charge is 0.484 e. The van der Waals surface area contributed by atoms with Crippen molar-refractivity contribution in [2.24, 2.45) is 5.92 Å². The quantitative estimate of drug-likeness (QED) is 0.626. The van der Waals surface area contributed by atoms with Crippen molar-refractivity contribution in [1.82, 2.24) is 5.32 Å². The predicted octanol–water partition coefficient (Wildman–Crippen LogP) is 3.63. The van der Waals surface area contributed by atoms with E-state index in [-0.39, 0.29) is 17.7 Å². The molecule has 0 aliphatic heterocycles. The van der Waals surface area contributed by atoms with Crippen LogP contribution in [0, 0.1) is 16.0 Å². The molecule has 0 saturated heterocycles. The van der Waals surface area contributed by atoms with Crippen molar-refractivity contribution in [3.63, 3.8) is 0 Å². The third-order valence-corrected chi connectivity index (χ3v) is 4.09. The Hall–Kier alpha value is -1.92. The summed E-state index contributed by atoms with van der Waals surface area (Å²) in [5, 5.41) is 16.0. The van der Waals surface area contributed by atoms with Crippen LogP contribution in [0.1, 0.15) is 17.9 Å². The summed E-state index contributed by atoms with van der Waals surface area (Å²) in [5.41, 5.74) is 0.0405. The first kappa shape index (κ1) is 15.5. The van der Waals surface area contributed by atoms with Gasteiger partial charge in [0.1, 0.15) is 11.9 Å². The molecule has 0 aliphatic carbocycles. The standard InChI is InChI=1S/C15H18N2O3S/c1-11(10-16-2)15(14-7-4-8-21-14)20-13-6-3-5-12(9-13)17(18)19/h3-9,11,15-16H,10H2,1-2H3. The Morgan fingerprint density at radius 3 is 2.81 bits per heavy atom. The van der Waals surface area contributed by atoms with Gasteiger partial charge in [-0.25, -0.2) is 0 Å². The van der Waals surface area contributed by atoms with E-state index in [1.807, 2.05) is 24.6 Å². The van der Waals surface area contributed by atoms with E-state index in [9.17, 15) is 10.1 Å². The van der Waals surface area contributed by atoms with E-state index >= 15 is 0 Å². The topological polar surface area (TPSA) is 64.4 Å². The molecule has 1 aromatic carbocycles. The lowest BCUT2D eigenvalue weighted by Crippen LogP contribution is -2.25. The minimum Gasteiger partial charge on any atom is -0.484 e. The van der Waals surface area contributed by atoms with E-state index in [4.69, 9.17) is 4.74 Å². The molecule has 2 rings (SSSR count). The summed E-state index contributed by atoms with van der Waals surface area (Å²) in [4.78, 5) is 11.5. The summed E-state index contributed by atoms with van der Waals surface area (Å²) in [7, 11) is 1.90. The maximum atomic E-state index is 10.8. The van der Waals surface area contributed by atoms with Gasteiger partial charge in [-0.1, -0.05) is 19.1 Å². The minimum atomic E-state index is -0.413. The SMILES string of the molecule is CNCC(C)C(Oc1cccc([N+](=O)[O-])c1)c1cccs1. The molecule has 0 radical (unpaired) electrons. The second kappa shape index (κ2) is 7.19. The molecule has 0 fully saturated rings. The Bertz CT molecular complexity index is 586. The monoisotopic (exact) mass is 306 g/mol. The van der Waals surface area contributed by atoms with Crippen LogP contribution < -0.4 is 10.1 Å². The fraction of sp³-hybridized carbons (Fsp3) is 0.333. The molecule has 1 N–H and O–H groups in total. The van der Waals surface area contributed by atoms with Crippen molar-refractivity contribution in [2.75, 3.05) is 13.6 Å². The average molecular weight is 306 g/mol. The summed E-state index contributed by atoms with van der Waals surface area (Å²) in [6.45, 7) is 2.90. The third-order valence-electron chi connectivity index (χ3n) is 3.16. The number of nitro benzene ring substituents is 1. The molecular weight excluding hydrogens is 288 g/mol. The molecule has 2 unspecified atom stereocenters. The fourth-order valence-electron chi connectivity index (χ4n) is 2.15. The van der Waals surface area contributed by atoms with Crippen LogP contribution in [0.5, 0.6) is 5.75 Å². The second-order valence-corrected chi connectivity index (χ2v) is 5.82. The number of nitrogens with one attached hydrogen (secondary N) is 1. The average Bonchev–Trinajstić information content (AvgIpc) is 2.99. The maximum Gasteiger partial charge on any atom is 0.273 e. The van der Waals surface area contributed by atoms with E-state index in [2.05, 4.69) is 12.2 Å². The molecule has 0 bridgehead atoms. The molecule has 6 heteroatoms.